The van der Waals surface area contributed by atoms with Gasteiger partial charge in [0.25, 0.3) is 0 Å². The second kappa shape index (κ2) is 5.70. The summed E-state index contributed by atoms with van der Waals surface area (Å²) in [5, 5.41) is 9.76. The number of halogens is 3. The van der Waals surface area contributed by atoms with Crippen LogP contribution in [0.1, 0.15) is 5.56 Å². The first-order valence-electron chi connectivity index (χ1n) is 4.80. The smallest absolute Gasteiger partial charge is 0.152 e. The predicted molar refractivity (Wildman–Crippen MR) is 72.2 cm³/mol. The first kappa shape index (κ1) is 13.3. The third-order valence-corrected chi connectivity index (χ3v) is 4.34. The molecule has 18 heavy (non-hydrogen) atoms. The quantitative estimate of drug-likeness (QED) is 0.796. The minimum absolute atomic E-state index is 0.155. The lowest BCUT2D eigenvalue weighted by molar-refractivity contribution is 0.594. The Hall–Kier alpha value is -1.09. The summed E-state index contributed by atoms with van der Waals surface area (Å²) in [5.74, 6) is -0.485. The average Bonchev–Trinajstić information content (AvgIpc) is 2.38. The monoisotopic (exact) mass is 342 g/mol. The fourth-order valence-corrected chi connectivity index (χ4v) is 2.87. The van der Waals surface area contributed by atoms with Crippen molar-refractivity contribution in [3.63, 3.8) is 0 Å². The minimum Gasteiger partial charge on any atom is -0.248 e. The van der Waals surface area contributed by atoms with Crippen LogP contribution in [-0.4, -0.2) is 4.98 Å². The van der Waals surface area contributed by atoms with Crippen molar-refractivity contribution in [3.8, 4) is 6.07 Å². The minimum atomic E-state index is -0.485. The molecular formula is C12H5BrClFN2S. The molecule has 2 aromatic rings. The van der Waals surface area contributed by atoms with Crippen LogP contribution in [0.5, 0.6) is 0 Å². The second-order valence-corrected chi connectivity index (χ2v) is 5.47. The fraction of sp³-hybridized carbons (Fsp3) is 0. The molecule has 2 nitrogen and oxygen atoms in total. The van der Waals surface area contributed by atoms with Crippen LogP contribution < -0.4 is 0 Å². The third kappa shape index (κ3) is 2.66. The van der Waals surface area contributed by atoms with Crippen molar-refractivity contribution in [3.05, 3.63) is 51.3 Å². The SMILES string of the molecule is N#Cc1ccc(Sc2ncccc2Cl)c(F)c1Br. The number of hydrogen-bond donors (Lipinski definition) is 0. The van der Waals surface area contributed by atoms with Crippen LogP contribution >= 0.6 is 39.3 Å². The molecule has 0 radical (unpaired) electrons. The Labute approximate surface area is 121 Å². The highest BCUT2D eigenvalue weighted by Crippen LogP contribution is 2.36. The zero-order valence-corrected chi connectivity index (χ0v) is 12.0. The maximum absolute atomic E-state index is 14.0. The van der Waals surface area contributed by atoms with E-state index < -0.39 is 5.82 Å². The lowest BCUT2D eigenvalue weighted by Gasteiger charge is -2.06. The summed E-state index contributed by atoms with van der Waals surface area (Å²) in [6.07, 6.45) is 1.59. The molecular weight excluding hydrogens is 339 g/mol. The van der Waals surface area contributed by atoms with Crippen molar-refractivity contribution >= 4 is 39.3 Å². The van der Waals surface area contributed by atoms with Gasteiger partial charge in [-0.3, -0.25) is 0 Å². The molecule has 0 atom stereocenters. The van der Waals surface area contributed by atoms with Gasteiger partial charge in [-0.1, -0.05) is 23.4 Å². The van der Waals surface area contributed by atoms with Gasteiger partial charge in [-0.05, 0) is 40.2 Å². The molecule has 1 aromatic heterocycles. The summed E-state index contributed by atoms with van der Waals surface area (Å²) in [6, 6.07) is 8.38. The molecule has 0 bridgehead atoms. The summed E-state index contributed by atoms with van der Waals surface area (Å²) < 4.78 is 14.1. The first-order chi connectivity index (χ1) is 8.63. The molecule has 1 aromatic carbocycles. The van der Waals surface area contributed by atoms with Gasteiger partial charge < -0.3 is 0 Å². The Balaban J connectivity index is 2.40. The maximum Gasteiger partial charge on any atom is 0.152 e. The largest absolute Gasteiger partial charge is 0.248 e. The number of rotatable bonds is 2. The van der Waals surface area contributed by atoms with Crippen molar-refractivity contribution in [2.75, 3.05) is 0 Å². The molecule has 1 heterocycles. The van der Waals surface area contributed by atoms with Crippen LogP contribution in [-0.2, 0) is 0 Å². The normalized spacial score (nSPS) is 10.1. The summed E-state index contributed by atoms with van der Waals surface area (Å²) in [6.45, 7) is 0. The first-order valence-corrected chi connectivity index (χ1v) is 6.78. The lowest BCUT2D eigenvalue weighted by atomic mass is 10.2. The molecule has 2 rings (SSSR count). The number of pyridine rings is 1. The molecule has 0 spiro atoms. The van der Waals surface area contributed by atoms with Crippen LogP contribution in [0.4, 0.5) is 4.39 Å². The Morgan fingerprint density at radius 3 is 2.83 bits per heavy atom. The van der Waals surface area contributed by atoms with E-state index in [9.17, 15) is 4.39 Å². The van der Waals surface area contributed by atoms with E-state index in [0.29, 0.717) is 14.9 Å². The van der Waals surface area contributed by atoms with Crippen LogP contribution in [0.2, 0.25) is 5.02 Å². The van der Waals surface area contributed by atoms with E-state index >= 15 is 0 Å². The van der Waals surface area contributed by atoms with Crippen LogP contribution in [0.3, 0.4) is 0 Å². The number of benzene rings is 1. The summed E-state index contributed by atoms with van der Waals surface area (Å²) >= 11 is 10.1. The maximum atomic E-state index is 14.0. The Bertz CT molecular complexity index is 642. The summed E-state index contributed by atoms with van der Waals surface area (Å²) in [7, 11) is 0. The number of nitriles is 1. The Morgan fingerprint density at radius 1 is 1.39 bits per heavy atom. The molecule has 0 N–H and O–H groups in total. The molecule has 0 saturated heterocycles. The van der Waals surface area contributed by atoms with Gasteiger partial charge >= 0.3 is 0 Å². The van der Waals surface area contributed by atoms with Gasteiger partial charge in [0, 0.05) is 6.20 Å². The highest BCUT2D eigenvalue weighted by atomic mass is 79.9. The number of aromatic nitrogens is 1. The predicted octanol–water partition coefficient (Wildman–Crippen LogP) is 4.66. The van der Waals surface area contributed by atoms with E-state index in [4.69, 9.17) is 16.9 Å². The zero-order chi connectivity index (χ0) is 13.1. The third-order valence-electron chi connectivity index (χ3n) is 2.10. The number of nitrogens with zero attached hydrogens (tertiary/aromatic N) is 2. The highest BCUT2D eigenvalue weighted by Gasteiger charge is 2.13. The van der Waals surface area contributed by atoms with Crippen molar-refractivity contribution in [1.29, 1.82) is 5.26 Å². The Kier molecular flexibility index (Phi) is 4.23. The van der Waals surface area contributed by atoms with Crippen molar-refractivity contribution in [1.82, 2.24) is 4.98 Å². The molecule has 0 saturated carbocycles. The van der Waals surface area contributed by atoms with Gasteiger partial charge in [0.15, 0.2) is 5.82 Å². The van der Waals surface area contributed by atoms with Gasteiger partial charge in [-0.25, -0.2) is 9.37 Å². The van der Waals surface area contributed by atoms with Gasteiger partial charge in [0.1, 0.15) is 11.1 Å². The molecule has 0 aliphatic carbocycles. The van der Waals surface area contributed by atoms with E-state index in [1.807, 2.05) is 6.07 Å². The fourth-order valence-electron chi connectivity index (χ4n) is 1.25. The summed E-state index contributed by atoms with van der Waals surface area (Å²) in [4.78, 5) is 4.43. The molecule has 0 aliphatic rings. The molecule has 0 unspecified atom stereocenters. The number of hydrogen-bond acceptors (Lipinski definition) is 3. The van der Waals surface area contributed by atoms with Crippen molar-refractivity contribution in [2.45, 2.75) is 9.92 Å². The van der Waals surface area contributed by atoms with Gasteiger partial charge in [0.2, 0.25) is 0 Å². The molecule has 6 heteroatoms. The van der Waals surface area contributed by atoms with Crippen LogP contribution in [0.15, 0.2) is 44.9 Å². The second-order valence-electron chi connectivity index (χ2n) is 3.24. The van der Waals surface area contributed by atoms with Crippen LogP contribution in [0, 0.1) is 17.1 Å². The summed E-state index contributed by atoms with van der Waals surface area (Å²) in [5.41, 5.74) is 0.254. The molecule has 90 valence electrons. The van der Waals surface area contributed by atoms with Crippen molar-refractivity contribution in [2.24, 2.45) is 0 Å². The molecule has 0 amide bonds. The van der Waals surface area contributed by atoms with Gasteiger partial charge in [-0.2, -0.15) is 5.26 Å². The van der Waals surface area contributed by atoms with E-state index in [1.165, 1.54) is 6.07 Å². The highest BCUT2D eigenvalue weighted by molar-refractivity contribution is 9.10. The average molecular weight is 344 g/mol. The molecule has 0 fully saturated rings. The topological polar surface area (TPSA) is 36.7 Å². The lowest BCUT2D eigenvalue weighted by Crippen LogP contribution is -1.89. The Morgan fingerprint density at radius 2 is 2.17 bits per heavy atom. The van der Waals surface area contributed by atoms with E-state index in [0.717, 1.165) is 11.8 Å². The van der Waals surface area contributed by atoms with E-state index in [1.54, 1.807) is 24.4 Å². The van der Waals surface area contributed by atoms with E-state index in [-0.39, 0.29) is 10.0 Å². The van der Waals surface area contributed by atoms with Crippen molar-refractivity contribution < 1.29 is 4.39 Å². The molecule has 0 aliphatic heterocycles. The zero-order valence-electron chi connectivity index (χ0n) is 8.82. The van der Waals surface area contributed by atoms with Crippen LogP contribution in [0.25, 0.3) is 0 Å². The van der Waals surface area contributed by atoms with Gasteiger partial charge in [0.05, 0.1) is 20.0 Å². The van der Waals surface area contributed by atoms with E-state index in [2.05, 4.69) is 20.9 Å². The van der Waals surface area contributed by atoms with Gasteiger partial charge in [-0.15, -0.1) is 0 Å². The standard InChI is InChI=1S/C12H5BrClFN2S/c13-10-7(6-16)3-4-9(11(10)15)18-12-8(14)2-1-5-17-12/h1-5H.